The molecule has 1 rings (SSSR count). The molecule has 0 aliphatic carbocycles. The molecule has 5 nitrogen and oxygen atoms in total. The number of halogens is 1. The molecule has 0 saturated carbocycles. The maximum atomic E-state index is 12.0. The summed E-state index contributed by atoms with van der Waals surface area (Å²) in [7, 11) is 0. The molecule has 3 N–H and O–H groups in total. The van der Waals surface area contributed by atoms with E-state index in [1.54, 1.807) is 6.20 Å². The topological polar surface area (TPSA) is 72.9 Å². The molecule has 0 aliphatic heterocycles. The van der Waals surface area contributed by atoms with E-state index in [1.807, 2.05) is 26.0 Å². The van der Waals surface area contributed by atoms with Crippen molar-refractivity contribution < 1.29 is 0 Å². The number of hydrogen-bond acceptors (Lipinski definition) is 4. The van der Waals surface area contributed by atoms with Gasteiger partial charge in [0.1, 0.15) is 4.47 Å². The van der Waals surface area contributed by atoms with Gasteiger partial charge < -0.3 is 11.1 Å². The van der Waals surface area contributed by atoms with E-state index in [0.29, 0.717) is 35.7 Å². The molecule has 0 radical (unpaired) electrons. The molecule has 0 aliphatic rings. The number of nitrogens with two attached hydrogens (primary N) is 1. The van der Waals surface area contributed by atoms with Crippen LogP contribution in [0.25, 0.3) is 0 Å². The Kier molecular flexibility index (Phi) is 6.07. The zero-order valence-electron chi connectivity index (χ0n) is 10.7. The average Bonchev–Trinajstić information content (AvgIpc) is 2.32. The molecule has 0 amide bonds. The summed E-state index contributed by atoms with van der Waals surface area (Å²) >= 11 is 3.31. The van der Waals surface area contributed by atoms with Gasteiger partial charge in [0.2, 0.25) is 0 Å². The summed E-state index contributed by atoms with van der Waals surface area (Å²) in [6, 6.07) is 0. The Morgan fingerprint density at radius 1 is 1.56 bits per heavy atom. The monoisotopic (exact) mass is 314 g/mol. The van der Waals surface area contributed by atoms with E-state index in [2.05, 4.69) is 26.3 Å². The number of nitrogens with zero attached hydrogens (tertiary/aromatic N) is 2. The lowest BCUT2D eigenvalue weighted by Crippen LogP contribution is -2.26. The van der Waals surface area contributed by atoms with Gasteiger partial charge >= 0.3 is 0 Å². The van der Waals surface area contributed by atoms with Crippen LogP contribution in [-0.2, 0) is 6.54 Å². The Balaban J connectivity index is 2.81. The molecule has 0 aromatic carbocycles. The predicted molar refractivity (Wildman–Crippen MR) is 77.7 cm³/mol. The zero-order valence-corrected chi connectivity index (χ0v) is 12.3. The van der Waals surface area contributed by atoms with Crippen LogP contribution >= 0.6 is 15.9 Å². The van der Waals surface area contributed by atoms with Crippen molar-refractivity contribution in [1.82, 2.24) is 9.78 Å². The van der Waals surface area contributed by atoms with E-state index in [4.69, 9.17) is 5.73 Å². The molecular formula is C12H19BrN4O. The molecule has 0 spiro atoms. The fourth-order valence-electron chi connectivity index (χ4n) is 1.41. The van der Waals surface area contributed by atoms with E-state index in [9.17, 15) is 4.79 Å². The summed E-state index contributed by atoms with van der Waals surface area (Å²) in [5.41, 5.74) is 5.92. The Morgan fingerprint density at radius 2 is 2.28 bits per heavy atom. The summed E-state index contributed by atoms with van der Waals surface area (Å²) in [6.45, 7) is 5.84. The summed E-state index contributed by atoms with van der Waals surface area (Å²) in [6.07, 6.45) is 5.42. The molecule has 0 unspecified atom stereocenters. The standard InChI is InChI=1S/C12H19BrN4O/c1-9(2)8-17-12(18)11(13)10(7-16-17)15-6-4-3-5-14/h3-4,7,9,15H,5-6,8,14H2,1-2H3/b4-3+. The minimum atomic E-state index is -0.114. The average molecular weight is 315 g/mol. The van der Waals surface area contributed by atoms with Crippen LogP contribution in [0, 0.1) is 5.92 Å². The Labute approximate surface area is 115 Å². The fourth-order valence-corrected chi connectivity index (χ4v) is 1.86. The van der Waals surface area contributed by atoms with Crippen LogP contribution in [0.4, 0.5) is 5.69 Å². The van der Waals surface area contributed by atoms with Crippen molar-refractivity contribution in [2.45, 2.75) is 20.4 Å². The molecule has 100 valence electrons. The molecule has 6 heteroatoms. The van der Waals surface area contributed by atoms with Crippen molar-refractivity contribution in [3.8, 4) is 0 Å². The first-order valence-corrected chi connectivity index (χ1v) is 6.70. The van der Waals surface area contributed by atoms with Crippen LogP contribution in [0.1, 0.15) is 13.8 Å². The number of hydrogen-bond donors (Lipinski definition) is 2. The van der Waals surface area contributed by atoms with E-state index in [-0.39, 0.29) is 5.56 Å². The smallest absolute Gasteiger partial charge is 0.283 e. The van der Waals surface area contributed by atoms with Gasteiger partial charge in [-0.1, -0.05) is 26.0 Å². The van der Waals surface area contributed by atoms with Gasteiger partial charge in [0.25, 0.3) is 5.56 Å². The van der Waals surface area contributed by atoms with Crippen LogP contribution in [0.15, 0.2) is 27.6 Å². The first-order valence-electron chi connectivity index (χ1n) is 5.90. The minimum Gasteiger partial charge on any atom is -0.379 e. The van der Waals surface area contributed by atoms with E-state index in [1.165, 1.54) is 4.68 Å². The van der Waals surface area contributed by atoms with Gasteiger partial charge in [0.05, 0.1) is 11.9 Å². The second-order valence-electron chi connectivity index (χ2n) is 4.34. The molecule has 0 bridgehead atoms. The van der Waals surface area contributed by atoms with Gasteiger partial charge in [0.15, 0.2) is 0 Å². The molecule has 1 heterocycles. The Morgan fingerprint density at radius 3 is 2.89 bits per heavy atom. The molecule has 1 aromatic heterocycles. The van der Waals surface area contributed by atoms with Crippen LogP contribution in [0.3, 0.4) is 0 Å². The first kappa shape index (κ1) is 14.9. The molecule has 18 heavy (non-hydrogen) atoms. The minimum absolute atomic E-state index is 0.114. The summed E-state index contributed by atoms with van der Waals surface area (Å²) < 4.78 is 1.98. The second-order valence-corrected chi connectivity index (χ2v) is 5.13. The Hall–Kier alpha value is -1.14. The van der Waals surface area contributed by atoms with E-state index in [0.717, 1.165) is 0 Å². The maximum absolute atomic E-state index is 12.0. The van der Waals surface area contributed by atoms with Crippen molar-refractivity contribution >= 4 is 21.6 Å². The normalized spacial score (nSPS) is 11.4. The van der Waals surface area contributed by atoms with E-state index < -0.39 is 0 Å². The van der Waals surface area contributed by atoms with Crippen molar-refractivity contribution in [3.63, 3.8) is 0 Å². The Bertz CT molecular complexity index is 468. The summed E-state index contributed by atoms with van der Waals surface area (Å²) in [5, 5.41) is 7.25. The third kappa shape index (κ3) is 4.27. The van der Waals surface area contributed by atoms with Crippen LogP contribution in [0.2, 0.25) is 0 Å². The predicted octanol–water partition coefficient (Wildman–Crippen LogP) is 1.59. The fraction of sp³-hybridized carbons (Fsp3) is 0.500. The van der Waals surface area contributed by atoms with Crippen molar-refractivity contribution in [3.05, 3.63) is 33.2 Å². The highest BCUT2D eigenvalue weighted by Gasteiger charge is 2.08. The highest BCUT2D eigenvalue weighted by molar-refractivity contribution is 9.10. The summed E-state index contributed by atoms with van der Waals surface area (Å²) in [4.78, 5) is 12.0. The number of rotatable bonds is 6. The van der Waals surface area contributed by atoms with E-state index >= 15 is 0 Å². The largest absolute Gasteiger partial charge is 0.379 e. The molecule has 0 fully saturated rings. The molecule has 0 atom stereocenters. The van der Waals surface area contributed by atoms with Crippen molar-refractivity contribution in [1.29, 1.82) is 0 Å². The molecule has 1 aromatic rings. The van der Waals surface area contributed by atoms with Crippen molar-refractivity contribution in [2.24, 2.45) is 11.7 Å². The van der Waals surface area contributed by atoms with Gasteiger partial charge in [-0.25, -0.2) is 4.68 Å². The van der Waals surface area contributed by atoms with Gasteiger partial charge in [-0.15, -0.1) is 0 Å². The molecular weight excluding hydrogens is 296 g/mol. The highest BCUT2D eigenvalue weighted by Crippen LogP contribution is 2.15. The van der Waals surface area contributed by atoms with Crippen LogP contribution in [0.5, 0.6) is 0 Å². The van der Waals surface area contributed by atoms with Gasteiger partial charge in [-0.3, -0.25) is 4.79 Å². The lowest BCUT2D eigenvalue weighted by molar-refractivity contribution is 0.462. The third-order valence-corrected chi connectivity index (χ3v) is 3.00. The van der Waals surface area contributed by atoms with Crippen LogP contribution in [-0.4, -0.2) is 22.9 Å². The van der Waals surface area contributed by atoms with Crippen LogP contribution < -0.4 is 16.6 Å². The number of anilines is 1. The third-order valence-electron chi connectivity index (χ3n) is 2.24. The first-order chi connectivity index (χ1) is 8.56. The SMILES string of the molecule is CC(C)Cn1ncc(NC/C=C/CN)c(Br)c1=O. The zero-order chi connectivity index (χ0) is 13.5. The lowest BCUT2D eigenvalue weighted by atomic mass is 10.2. The van der Waals surface area contributed by atoms with Gasteiger partial charge in [0, 0.05) is 19.6 Å². The quantitative estimate of drug-likeness (QED) is 0.782. The molecule has 0 saturated heterocycles. The van der Waals surface area contributed by atoms with Gasteiger partial charge in [-0.2, -0.15) is 5.10 Å². The number of nitrogens with one attached hydrogen (secondary N) is 1. The van der Waals surface area contributed by atoms with Crippen molar-refractivity contribution in [2.75, 3.05) is 18.4 Å². The number of aromatic nitrogens is 2. The second kappa shape index (κ2) is 7.33. The maximum Gasteiger partial charge on any atom is 0.283 e. The van der Waals surface area contributed by atoms with Gasteiger partial charge in [-0.05, 0) is 21.8 Å². The lowest BCUT2D eigenvalue weighted by Gasteiger charge is -2.10. The summed E-state index contributed by atoms with van der Waals surface area (Å²) in [5.74, 6) is 0.383. The highest BCUT2D eigenvalue weighted by atomic mass is 79.9.